The number of carbonyl (C=O) groups is 1. The van der Waals surface area contributed by atoms with E-state index in [2.05, 4.69) is 6.07 Å². The number of benzene rings is 1. The van der Waals surface area contributed by atoms with Gasteiger partial charge in [-0.15, -0.1) is 0 Å². The van der Waals surface area contributed by atoms with Crippen molar-refractivity contribution in [1.82, 2.24) is 0 Å². The van der Waals surface area contributed by atoms with Crippen molar-refractivity contribution >= 4 is 5.78 Å². The molecule has 1 saturated carbocycles. The molecule has 0 amide bonds. The number of rotatable bonds is 2. The number of hydrogen-bond acceptors (Lipinski definition) is 2. The van der Waals surface area contributed by atoms with Crippen LogP contribution >= 0.6 is 0 Å². The molecule has 86 valence electrons. The maximum atomic E-state index is 11.5. The molecule has 0 unspecified atom stereocenters. The van der Waals surface area contributed by atoms with Crippen molar-refractivity contribution in [2.45, 2.75) is 44.6 Å². The first-order chi connectivity index (χ1) is 7.68. The fraction of sp³-hybridized carbons (Fsp3) is 0.500. The van der Waals surface area contributed by atoms with Crippen LogP contribution in [-0.2, 0) is 0 Å². The summed E-state index contributed by atoms with van der Waals surface area (Å²) < 4.78 is 0. The van der Waals surface area contributed by atoms with Crippen LogP contribution in [0.1, 0.15) is 54.4 Å². The van der Waals surface area contributed by atoms with Gasteiger partial charge in [-0.25, -0.2) is 0 Å². The van der Waals surface area contributed by atoms with Crippen LogP contribution in [0.4, 0.5) is 0 Å². The van der Waals surface area contributed by atoms with Crippen molar-refractivity contribution in [3.63, 3.8) is 0 Å². The highest BCUT2D eigenvalue weighted by atomic mass is 16.3. The third kappa shape index (κ3) is 2.33. The van der Waals surface area contributed by atoms with Gasteiger partial charge >= 0.3 is 0 Å². The number of ketones is 1. The van der Waals surface area contributed by atoms with Gasteiger partial charge < -0.3 is 5.11 Å². The molecule has 2 rings (SSSR count). The lowest BCUT2D eigenvalue weighted by molar-refractivity contribution is 0.101. The lowest BCUT2D eigenvalue weighted by Gasteiger charge is -2.26. The van der Waals surface area contributed by atoms with Crippen LogP contribution in [-0.4, -0.2) is 17.0 Å². The molecule has 0 aromatic heterocycles. The van der Waals surface area contributed by atoms with E-state index in [1.165, 1.54) is 5.56 Å². The average molecular weight is 218 g/mol. The van der Waals surface area contributed by atoms with E-state index in [4.69, 9.17) is 0 Å². The maximum Gasteiger partial charge on any atom is 0.160 e. The topological polar surface area (TPSA) is 37.3 Å². The molecule has 16 heavy (non-hydrogen) atoms. The number of carbonyl (C=O) groups excluding carboxylic acids is 1. The Bertz CT molecular complexity index is 376. The Morgan fingerprint density at radius 1 is 1.19 bits per heavy atom. The fourth-order valence-electron chi connectivity index (χ4n) is 2.56. The quantitative estimate of drug-likeness (QED) is 0.775. The summed E-state index contributed by atoms with van der Waals surface area (Å²) in [6.07, 6.45) is 3.56. The molecule has 1 fully saturated rings. The van der Waals surface area contributed by atoms with Gasteiger partial charge in [-0.2, -0.15) is 0 Å². The molecule has 0 saturated heterocycles. The molecule has 1 N–H and O–H groups in total. The summed E-state index contributed by atoms with van der Waals surface area (Å²) in [6, 6.07) is 7.87. The highest BCUT2D eigenvalue weighted by Gasteiger charge is 2.23. The second kappa shape index (κ2) is 4.79. The minimum absolute atomic E-state index is 0.138. The van der Waals surface area contributed by atoms with Crippen molar-refractivity contribution < 1.29 is 9.90 Å². The Balaban J connectivity index is 2.23. The van der Waals surface area contributed by atoms with Gasteiger partial charge in [0.1, 0.15) is 0 Å². The van der Waals surface area contributed by atoms with Crippen molar-refractivity contribution in [1.29, 1.82) is 0 Å². The van der Waals surface area contributed by atoms with Gasteiger partial charge in [-0.3, -0.25) is 4.79 Å². The monoisotopic (exact) mass is 218 g/mol. The van der Waals surface area contributed by atoms with Gasteiger partial charge in [0, 0.05) is 5.56 Å². The van der Waals surface area contributed by atoms with E-state index in [1.807, 2.05) is 18.2 Å². The van der Waals surface area contributed by atoms with Crippen molar-refractivity contribution in [3.8, 4) is 0 Å². The summed E-state index contributed by atoms with van der Waals surface area (Å²) in [6.45, 7) is 1.62. The van der Waals surface area contributed by atoms with E-state index in [1.54, 1.807) is 6.92 Å². The predicted octanol–water partition coefficient (Wildman–Crippen LogP) is 2.91. The van der Waals surface area contributed by atoms with E-state index in [0.717, 1.165) is 31.2 Å². The zero-order chi connectivity index (χ0) is 11.5. The van der Waals surface area contributed by atoms with Gasteiger partial charge in [-0.05, 0) is 44.1 Å². The van der Waals surface area contributed by atoms with E-state index in [9.17, 15) is 9.90 Å². The Hall–Kier alpha value is -1.15. The Labute approximate surface area is 96.3 Å². The Morgan fingerprint density at radius 2 is 1.81 bits per heavy atom. The van der Waals surface area contributed by atoms with E-state index in [0.29, 0.717) is 5.92 Å². The molecule has 1 aliphatic carbocycles. The lowest BCUT2D eigenvalue weighted by Crippen LogP contribution is -2.18. The van der Waals surface area contributed by atoms with Crippen LogP contribution in [0, 0.1) is 0 Å². The third-order valence-corrected chi connectivity index (χ3v) is 3.48. The molecule has 0 atom stereocenters. The molecule has 2 heteroatoms. The lowest BCUT2D eigenvalue weighted by atomic mass is 9.80. The minimum atomic E-state index is -0.138. The van der Waals surface area contributed by atoms with Crippen LogP contribution in [0.25, 0.3) is 0 Å². The molecular formula is C14H18O2. The molecule has 0 aliphatic heterocycles. The van der Waals surface area contributed by atoms with Crippen LogP contribution in [0.3, 0.4) is 0 Å². The number of aliphatic hydroxyl groups excluding tert-OH is 1. The first-order valence-corrected chi connectivity index (χ1v) is 5.96. The van der Waals surface area contributed by atoms with Crippen molar-refractivity contribution in [2.75, 3.05) is 0 Å². The second-order valence-corrected chi connectivity index (χ2v) is 4.65. The number of aliphatic hydroxyl groups is 1. The Kier molecular flexibility index (Phi) is 3.39. The molecular weight excluding hydrogens is 200 g/mol. The summed E-state index contributed by atoms with van der Waals surface area (Å²) >= 11 is 0. The zero-order valence-corrected chi connectivity index (χ0v) is 9.65. The predicted molar refractivity (Wildman–Crippen MR) is 63.7 cm³/mol. The van der Waals surface area contributed by atoms with Gasteiger partial charge in [0.05, 0.1) is 6.10 Å². The van der Waals surface area contributed by atoms with Gasteiger partial charge in [-0.1, -0.05) is 24.3 Å². The molecule has 1 aromatic carbocycles. The van der Waals surface area contributed by atoms with Crippen LogP contribution in [0.15, 0.2) is 24.3 Å². The molecule has 0 bridgehead atoms. The number of hydrogen-bond donors (Lipinski definition) is 1. The van der Waals surface area contributed by atoms with Crippen molar-refractivity contribution in [2.24, 2.45) is 0 Å². The van der Waals surface area contributed by atoms with E-state index >= 15 is 0 Å². The van der Waals surface area contributed by atoms with E-state index < -0.39 is 0 Å². The first kappa shape index (κ1) is 11.3. The largest absolute Gasteiger partial charge is 0.393 e. The highest BCUT2D eigenvalue weighted by Crippen LogP contribution is 2.34. The molecule has 0 heterocycles. The average Bonchev–Trinajstić information content (AvgIpc) is 2.30. The van der Waals surface area contributed by atoms with Crippen LogP contribution in [0.2, 0.25) is 0 Å². The molecule has 0 radical (unpaired) electrons. The van der Waals surface area contributed by atoms with Crippen molar-refractivity contribution in [3.05, 3.63) is 35.4 Å². The molecule has 2 nitrogen and oxygen atoms in total. The highest BCUT2D eigenvalue weighted by molar-refractivity contribution is 5.95. The first-order valence-electron chi connectivity index (χ1n) is 5.96. The third-order valence-electron chi connectivity index (χ3n) is 3.48. The van der Waals surface area contributed by atoms with Gasteiger partial charge in [0.15, 0.2) is 5.78 Å². The van der Waals surface area contributed by atoms with E-state index in [-0.39, 0.29) is 11.9 Å². The summed E-state index contributed by atoms with van der Waals surface area (Å²) in [4.78, 5) is 11.5. The second-order valence-electron chi connectivity index (χ2n) is 4.65. The van der Waals surface area contributed by atoms with Gasteiger partial charge in [0.25, 0.3) is 0 Å². The summed E-state index contributed by atoms with van der Waals surface area (Å²) in [5.41, 5.74) is 2.02. The molecule has 0 spiro atoms. The SMILES string of the molecule is CC(=O)c1ccccc1C1CCC(O)CC1. The number of Topliss-reactive ketones (excluding diaryl/α,β-unsaturated/α-hetero) is 1. The van der Waals surface area contributed by atoms with Crippen LogP contribution < -0.4 is 0 Å². The standard InChI is InChI=1S/C14H18O2/c1-10(15)13-4-2-3-5-14(13)11-6-8-12(16)9-7-11/h2-5,11-12,16H,6-9H2,1H3. The normalized spacial score (nSPS) is 25.4. The Morgan fingerprint density at radius 3 is 2.44 bits per heavy atom. The summed E-state index contributed by atoms with van der Waals surface area (Å²) in [5.74, 6) is 0.588. The molecule has 1 aliphatic rings. The smallest absolute Gasteiger partial charge is 0.160 e. The summed E-state index contributed by atoms with van der Waals surface area (Å²) in [7, 11) is 0. The molecule has 1 aromatic rings. The van der Waals surface area contributed by atoms with Gasteiger partial charge in [0.2, 0.25) is 0 Å². The zero-order valence-electron chi connectivity index (χ0n) is 9.65. The fourth-order valence-corrected chi connectivity index (χ4v) is 2.56. The summed E-state index contributed by atoms with van der Waals surface area (Å²) in [5, 5.41) is 9.49. The minimum Gasteiger partial charge on any atom is -0.393 e. The maximum absolute atomic E-state index is 11.5. The van der Waals surface area contributed by atoms with Crippen LogP contribution in [0.5, 0.6) is 0 Å².